The van der Waals surface area contributed by atoms with Crippen molar-refractivity contribution in [2.45, 2.75) is 38.3 Å². The molecule has 0 radical (unpaired) electrons. The molecular weight excluding hydrogens is 411 g/mol. The minimum atomic E-state index is -0.256. The number of anilines is 1. The molecule has 3 aromatic rings. The highest BCUT2D eigenvalue weighted by atomic mass is 35.5. The van der Waals surface area contributed by atoms with E-state index in [1.165, 1.54) is 0 Å². The van der Waals surface area contributed by atoms with Gasteiger partial charge in [-0.3, -0.25) is 4.57 Å². The summed E-state index contributed by atoms with van der Waals surface area (Å²) < 4.78 is 1.57. The second-order valence-corrected chi connectivity index (χ2v) is 8.52. The van der Waals surface area contributed by atoms with E-state index in [9.17, 15) is 4.79 Å². The van der Waals surface area contributed by atoms with Crippen LogP contribution >= 0.6 is 23.2 Å². The van der Waals surface area contributed by atoms with Crippen LogP contribution in [0.1, 0.15) is 31.2 Å². The largest absolute Gasteiger partial charge is 0.341 e. The zero-order valence-electron chi connectivity index (χ0n) is 16.2. The fourth-order valence-corrected chi connectivity index (χ4v) is 4.39. The first-order chi connectivity index (χ1) is 14.0. The van der Waals surface area contributed by atoms with Crippen molar-refractivity contribution in [1.29, 1.82) is 0 Å². The molecule has 1 aromatic carbocycles. The summed E-state index contributed by atoms with van der Waals surface area (Å²) in [5.74, 6) is 1.22. The summed E-state index contributed by atoms with van der Waals surface area (Å²) in [4.78, 5) is 26.6. The molecule has 1 saturated carbocycles. The van der Waals surface area contributed by atoms with Gasteiger partial charge in [0.05, 0.1) is 12.7 Å². The van der Waals surface area contributed by atoms with Crippen LogP contribution in [0.4, 0.5) is 5.95 Å². The molecule has 2 aromatic heterocycles. The molecule has 0 unspecified atom stereocenters. The number of H-pyrrole nitrogens is 1. The van der Waals surface area contributed by atoms with Crippen LogP contribution in [0.2, 0.25) is 10.0 Å². The van der Waals surface area contributed by atoms with Gasteiger partial charge in [0.1, 0.15) is 5.52 Å². The van der Waals surface area contributed by atoms with Crippen LogP contribution in [0.15, 0.2) is 29.2 Å². The number of halogens is 2. The van der Waals surface area contributed by atoms with E-state index in [2.05, 4.69) is 14.9 Å². The Kier molecular flexibility index (Phi) is 5.81. The zero-order valence-corrected chi connectivity index (χ0v) is 17.7. The molecule has 4 rings (SSSR count). The van der Waals surface area contributed by atoms with Crippen LogP contribution in [-0.4, -0.2) is 39.2 Å². The molecule has 154 valence electrons. The molecule has 29 heavy (non-hydrogen) atoms. The standard InChI is InChI=1S/C20H24Cl2N6O/c1-27(15-5-2-12(9-23)3-6-15)19-24-10-17-18(26-19)28(20(29)25-17)11-13-8-14(21)4-7-16(13)22/h4,7-8,10,12,15H,2-3,5-6,9,11,23H2,1H3,(H,25,29)/t12-,15-. The highest BCUT2D eigenvalue weighted by Crippen LogP contribution is 2.28. The summed E-state index contributed by atoms with van der Waals surface area (Å²) in [6.07, 6.45) is 6.04. The number of aromatic amines is 1. The first-order valence-electron chi connectivity index (χ1n) is 9.78. The van der Waals surface area contributed by atoms with Crippen LogP contribution in [0.3, 0.4) is 0 Å². The lowest BCUT2D eigenvalue weighted by atomic mass is 9.85. The Balaban J connectivity index is 1.64. The second kappa shape index (κ2) is 8.34. The number of rotatable bonds is 5. The Hall–Kier alpha value is -2.09. The lowest BCUT2D eigenvalue weighted by Crippen LogP contribution is -2.37. The van der Waals surface area contributed by atoms with Crippen molar-refractivity contribution in [1.82, 2.24) is 19.5 Å². The van der Waals surface area contributed by atoms with Crippen LogP contribution < -0.4 is 16.3 Å². The van der Waals surface area contributed by atoms with Crippen molar-refractivity contribution in [2.24, 2.45) is 11.7 Å². The van der Waals surface area contributed by atoms with Crippen molar-refractivity contribution in [2.75, 3.05) is 18.5 Å². The zero-order chi connectivity index (χ0) is 20.5. The third-order valence-electron chi connectivity index (χ3n) is 5.85. The highest BCUT2D eigenvalue weighted by molar-refractivity contribution is 6.33. The SMILES string of the molecule is CN(c1ncc2[nH]c(=O)n(Cc3cc(Cl)ccc3Cl)c2n1)[C@H]1CC[C@H](CN)CC1. The summed E-state index contributed by atoms with van der Waals surface area (Å²) in [7, 11) is 2.01. The molecule has 2 heterocycles. The molecule has 1 aliphatic carbocycles. The highest BCUT2D eigenvalue weighted by Gasteiger charge is 2.25. The molecule has 1 fully saturated rings. The number of hydrogen-bond donors (Lipinski definition) is 2. The van der Waals surface area contributed by atoms with Gasteiger partial charge in [-0.25, -0.2) is 9.78 Å². The fraction of sp³-hybridized carbons (Fsp3) is 0.450. The average molecular weight is 435 g/mol. The molecule has 0 spiro atoms. The number of aromatic nitrogens is 4. The molecule has 0 saturated heterocycles. The van der Waals surface area contributed by atoms with Crippen molar-refractivity contribution in [3.05, 3.63) is 50.5 Å². The maximum Gasteiger partial charge on any atom is 0.328 e. The summed E-state index contributed by atoms with van der Waals surface area (Å²) in [6, 6.07) is 5.58. The predicted molar refractivity (Wildman–Crippen MR) is 117 cm³/mol. The van der Waals surface area contributed by atoms with E-state index in [0.29, 0.717) is 39.1 Å². The molecule has 7 nitrogen and oxygen atoms in total. The van der Waals surface area contributed by atoms with E-state index in [4.69, 9.17) is 33.9 Å². The number of imidazole rings is 1. The van der Waals surface area contributed by atoms with Gasteiger partial charge in [-0.1, -0.05) is 23.2 Å². The molecular formula is C20H24Cl2N6O. The smallest absolute Gasteiger partial charge is 0.328 e. The number of benzene rings is 1. The Morgan fingerprint density at radius 2 is 2.03 bits per heavy atom. The predicted octanol–water partition coefficient (Wildman–Crippen LogP) is 3.43. The topological polar surface area (TPSA) is 92.8 Å². The summed E-state index contributed by atoms with van der Waals surface area (Å²) in [6.45, 7) is 1.03. The van der Waals surface area contributed by atoms with Crippen LogP contribution in [0, 0.1) is 5.92 Å². The molecule has 0 amide bonds. The maximum absolute atomic E-state index is 12.5. The van der Waals surface area contributed by atoms with Gasteiger partial charge in [0.15, 0.2) is 5.65 Å². The summed E-state index contributed by atoms with van der Waals surface area (Å²) >= 11 is 12.4. The number of hydrogen-bond acceptors (Lipinski definition) is 5. The average Bonchev–Trinajstić information content (AvgIpc) is 3.04. The minimum Gasteiger partial charge on any atom is -0.341 e. The summed E-state index contributed by atoms with van der Waals surface area (Å²) in [5.41, 5.74) is 7.46. The minimum absolute atomic E-state index is 0.256. The van der Waals surface area contributed by atoms with Gasteiger partial charge in [0.25, 0.3) is 0 Å². The van der Waals surface area contributed by atoms with Gasteiger partial charge in [0.2, 0.25) is 5.95 Å². The van der Waals surface area contributed by atoms with Gasteiger partial charge < -0.3 is 15.6 Å². The first kappa shape index (κ1) is 20.2. The van der Waals surface area contributed by atoms with E-state index in [1.807, 2.05) is 7.05 Å². The number of nitrogens with one attached hydrogen (secondary N) is 1. The van der Waals surface area contributed by atoms with E-state index in [-0.39, 0.29) is 12.2 Å². The van der Waals surface area contributed by atoms with Crippen molar-refractivity contribution in [3.63, 3.8) is 0 Å². The lowest BCUT2D eigenvalue weighted by molar-refractivity contribution is 0.325. The maximum atomic E-state index is 12.5. The van der Waals surface area contributed by atoms with E-state index in [0.717, 1.165) is 37.8 Å². The van der Waals surface area contributed by atoms with E-state index < -0.39 is 0 Å². The lowest BCUT2D eigenvalue weighted by Gasteiger charge is -2.34. The van der Waals surface area contributed by atoms with E-state index >= 15 is 0 Å². The van der Waals surface area contributed by atoms with Crippen LogP contribution in [0.5, 0.6) is 0 Å². The number of nitrogens with two attached hydrogens (primary N) is 1. The monoisotopic (exact) mass is 434 g/mol. The van der Waals surface area contributed by atoms with Gasteiger partial charge in [-0.2, -0.15) is 4.98 Å². The Bertz CT molecular complexity index is 1070. The molecule has 3 N–H and O–H groups in total. The Labute approximate surface area is 178 Å². The number of nitrogens with zero attached hydrogens (tertiary/aromatic N) is 4. The molecule has 9 heteroatoms. The molecule has 0 aliphatic heterocycles. The van der Waals surface area contributed by atoms with Gasteiger partial charge in [0, 0.05) is 23.1 Å². The first-order valence-corrected chi connectivity index (χ1v) is 10.5. The Morgan fingerprint density at radius 1 is 1.28 bits per heavy atom. The molecule has 0 bridgehead atoms. The van der Waals surface area contributed by atoms with Crippen molar-refractivity contribution < 1.29 is 0 Å². The summed E-state index contributed by atoms with van der Waals surface area (Å²) in [5, 5.41) is 1.12. The van der Waals surface area contributed by atoms with Crippen molar-refractivity contribution in [3.8, 4) is 0 Å². The third-order valence-corrected chi connectivity index (χ3v) is 6.45. The second-order valence-electron chi connectivity index (χ2n) is 7.68. The molecule has 0 atom stereocenters. The van der Waals surface area contributed by atoms with Crippen LogP contribution in [0.25, 0.3) is 11.2 Å². The van der Waals surface area contributed by atoms with Gasteiger partial charge >= 0.3 is 5.69 Å². The van der Waals surface area contributed by atoms with Crippen molar-refractivity contribution >= 4 is 40.3 Å². The molecule has 1 aliphatic rings. The third kappa shape index (κ3) is 4.13. The van der Waals surface area contributed by atoms with Gasteiger partial charge in [-0.05, 0) is 61.9 Å². The van der Waals surface area contributed by atoms with Gasteiger partial charge in [-0.15, -0.1) is 0 Å². The van der Waals surface area contributed by atoms with Crippen LogP contribution in [-0.2, 0) is 6.54 Å². The van der Waals surface area contributed by atoms with E-state index in [1.54, 1.807) is 29.0 Å². The fourth-order valence-electron chi connectivity index (χ4n) is 4.02. The Morgan fingerprint density at radius 3 is 2.76 bits per heavy atom. The quantitative estimate of drug-likeness (QED) is 0.641. The normalized spacial score (nSPS) is 19.6. The number of fused-ring (bicyclic) bond motifs is 1.